The summed E-state index contributed by atoms with van der Waals surface area (Å²) in [7, 11) is 0. The molecule has 2 aromatic carbocycles. The van der Waals surface area contributed by atoms with Crippen molar-refractivity contribution >= 4 is 29.3 Å². The van der Waals surface area contributed by atoms with E-state index in [4.69, 9.17) is 0 Å². The van der Waals surface area contributed by atoms with E-state index in [2.05, 4.69) is 11.8 Å². The van der Waals surface area contributed by atoms with Crippen LogP contribution in [0.4, 0.5) is 21.5 Å². The number of carbonyl (C=O) groups excluding carboxylic acids is 2. The number of nitrogens with zero attached hydrogens (tertiary/aromatic N) is 4. The van der Waals surface area contributed by atoms with E-state index in [0.29, 0.717) is 56.2 Å². The molecule has 2 heterocycles. The summed E-state index contributed by atoms with van der Waals surface area (Å²) in [4.78, 5) is 40.8. The summed E-state index contributed by atoms with van der Waals surface area (Å²) in [5, 5.41) is 11.4. The van der Waals surface area contributed by atoms with Crippen molar-refractivity contribution in [3.63, 3.8) is 0 Å². The molecular formula is C26H31FN4O4. The standard InChI is InChI=1S/C26H31FN4O4/c1-19-8-10-28(11-9-19)24-7-5-21(31(34)35)18-22(24)26(33)30-14-12-29(13-15-30)25-6-4-20(3-2-16-32)17-23(25)27/h4-7,16-19H,2-3,8-15H2,1H3. The first kappa shape index (κ1) is 24.6. The number of carbonyl (C=O) groups is 2. The lowest BCUT2D eigenvalue weighted by atomic mass is 9.97. The molecule has 186 valence electrons. The van der Waals surface area contributed by atoms with Crippen LogP contribution in [-0.4, -0.2) is 61.3 Å². The number of non-ortho nitro benzene ring substituents is 1. The average molecular weight is 483 g/mol. The minimum Gasteiger partial charge on any atom is -0.371 e. The van der Waals surface area contributed by atoms with Crippen LogP contribution in [0, 0.1) is 21.8 Å². The van der Waals surface area contributed by atoms with E-state index in [9.17, 15) is 24.1 Å². The highest BCUT2D eigenvalue weighted by Gasteiger charge is 2.29. The highest BCUT2D eigenvalue weighted by atomic mass is 19.1. The van der Waals surface area contributed by atoms with Crippen LogP contribution < -0.4 is 9.80 Å². The van der Waals surface area contributed by atoms with Crippen molar-refractivity contribution in [2.75, 3.05) is 49.1 Å². The number of piperidine rings is 1. The van der Waals surface area contributed by atoms with Crippen LogP contribution in [0.25, 0.3) is 0 Å². The maximum atomic E-state index is 14.7. The second-order valence-corrected chi connectivity index (χ2v) is 9.40. The minimum atomic E-state index is -0.474. The SMILES string of the molecule is CC1CCN(c2ccc([N+](=O)[O-])cc2C(=O)N2CCN(c3ccc(CCC=O)cc3F)CC2)CC1. The summed E-state index contributed by atoms with van der Waals surface area (Å²) < 4.78 is 14.7. The monoisotopic (exact) mass is 482 g/mol. The summed E-state index contributed by atoms with van der Waals surface area (Å²) in [6, 6.07) is 9.56. The number of hydrogen-bond donors (Lipinski definition) is 0. The number of nitro groups is 1. The van der Waals surface area contributed by atoms with Gasteiger partial charge in [0.2, 0.25) is 0 Å². The van der Waals surface area contributed by atoms with E-state index in [1.807, 2.05) is 11.0 Å². The molecular weight excluding hydrogens is 451 g/mol. The highest BCUT2D eigenvalue weighted by Crippen LogP contribution is 2.31. The molecule has 35 heavy (non-hydrogen) atoms. The number of amides is 1. The van der Waals surface area contributed by atoms with E-state index >= 15 is 0 Å². The number of nitro benzene ring substituents is 1. The zero-order valence-corrected chi connectivity index (χ0v) is 20.0. The zero-order chi connectivity index (χ0) is 24.9. The van der Waals surface area contributed by atoms with Crippen LogP contribution in [0.5, 0.6) is 0 Å². The number of aldehydes is 1. The molecule has 2 saturated heterocycles. The summed E-state index contributed by atoms with van der Waals surface area (Å²) in [5.74, 6) is 0.0520. The Balaban J connectivity index is 1.48. The molecule has 8 nitrogen and oxygen atoms in total. The predicted molar refractivity (Wildman–Crippen MR) is 133 cm³/mol. The molecule has 0 aliphatic carbocycles. The molecule has 2 aromatic rings. The molecule has 2 fully saturated rings. The van der Waals surface area contributed by atoms with Gasteiger partial charge in [-0.15, -0.1) is 0 Å². The van der Waals surface area contributed by atoms with Gasteiger partial charge in [-0.1, -0.05) is 13.0 Å². The van der Waals surface area contributed by atoms with Gasteiger partial charge in [0.1, 0.15) is 12.1 Å². The Bertz CT molecular complexity index is 1090. The lowest BCUT2D eigenvalue weighted by Crippen LogP contribution is -2.49. The molecule has 4 rings (SSSR count). The topological polar surface area (TPSA) is 87.0 Å². The van der Waals surface area contributed by atoms with Gasteiger partial charge in [0, 0.05) is 57.8 Å². The molecule has 0 spiro atoms. The van der Waals surface area contributed by atoms with Crippen LogP contribution >= 0.6 is 0 Å². The fraction of sp³-hybridized carbons (Fsp3) is 0.462. The van der Waals surface area contributed by atoms with Gasteiger partial charge in [-0.05, 0) is 48.9 Å². The van der Waals surface area contributed by atoms with Crippen molar-refractivity contribution in [2.45, 2.75) is 32.6 Å². The second-order valence-electron chi connectivity index (χ2n) is 9.40. The Morgan fingerprint density at radius 1 is 1.03 bits per heavy atom. The average Bonchev–Trinajstić information content (AvgIpc) is 2.87. The van der Waals surface area contributed by atoms with Crippen LogP contribution in [0.2, 0.25) is 0 Å². The molecule has 2 aliphatic heterocycles. The van der Waals surface area contributed by atoms with Crippen molar-refractivity contribution in [1.29, 1.82) is 0 Å². The molecule has 1 amide bonds. The first-order valence-corrected chi connectivity index (χ1v) is 12.2. The van der Waals surface area contributed by atoms with E-state index in [1.54, 1.807) is 17.0 Å². The van der Waals surface area contributed by atoms with Gasteiger partial charge in [0.05, 0.1) is 21.9 Å². The highest BCUT2D eigenvalue weighted by molar-refractivity contribution is 6.00. The van der Waals surface area contributed by atoms with Crippen LogP contribution in [0.1, 0.15) is 42.1 Å². The molecule has 2 aliphatic rings. The van der Waals surface area contributed by atoms with Gasteiger partial charge in [-0.25, -0.2) is 4.39 Å². The van der Waals surface area contributed by atoms with Gasteiger partial charge in [0.15, 0.2) is 0 Å². The maximum Gasteiger partial charge on any atom is 0.270 e. The van der Waals surface area contributed by atoms with E-state index in [1.165, 1.54) is 18.2 Å². The fourth-order valence-corrected chi connectivity index (χ4v) is 4.84. The second kappa shape index (κ2) is 10.8. The Morgan fingerprint density at radius 3 is 2.31 bits per heavy atom. The van der Waals surface area contributed by atoms with E-state index < -0.39 is 4.92 Å². The third-order valence-corrected chi connectivity index (χ3v) is 7.02. The number of rotatable bonds is 7. The molecule has 0 unspecified atom stereocenters. The van der Waals surface area contributed by atoms with Crippen molar-refractivity contribution in [3.05, 3.63) is 63.5 Å². The molecule has 0 atom stereocenters. The zero-order valence-electron chi connectivity index (χ0n) is 20.0. The third kappa shape index (κ3) is 5.61. The summed E-state index contributed by atoms with van der Waals surface area (Å²) in [5.41, 5.74) is 2.25. The van der Waals surface area contributed by atoms with E-state index in [-0.39, 0.29) is 17.4 Å². The Kier molecular flexibility index (Phi) is 7.63. The summed E-state index contributed by atoms with van der Waals surface area (Å²) in [6.45, 7) is 5.54. The molecule has 0 aromatic heterocycles. The van der Waals surface area contributed by atoms with Gasteiger partial charge < -0.3 is 19.5 Å². The first-order chi connectivity index (χ1) is 16.9. The van der Waals surface area contributed by atoms with Crippen molar-refractivity contribution < 1.29 is 18.9 Å². The molecule has 0 bridgehead atoms. The quantitative estimate of drug-likeness (QED) is 0.336. The predicted octanol–water partition coefficient (Wildman–Crippen LogP) is 4.06. The summed E-state index contributed by atoms with van der Waals surface area (Å²) >= 11 is 0. The smallest absolute Gasteiger partial charge is 0.270 e. The van der Waals surface area contributed by atoms with Crippen LogP contribution in [-0.2, 0) is 11.2 Å². The first-order valence-electron chi connectivity index (χ1n) is 12.2. The summed E-state index contributed by atoms with van der Waals surface area (Å²) in [6.07, 6.45) is 3.71. The molecule has 9 heteroatoms. The number of hydrogen-bond acceptors (Lipinski definition) is 6. The lowest BCUT2D eigenvalue weighted by Gasteiger charge is -2.37. The van der Waals surface area contributed by atoms with Crippen molar-refractivity contribution in [2.24, 2.45) is 5.92 Å². The van der Waals surface area contributed by atoms with Gasteiger partial charge in [-0.3, -0.25) is 14.9 Å². The van der Waals surface area contributed by atoms with Crippen LogP contribution in [0.3, 0.4) is 0 Å². The normalized spacial score (nSPS) is 16.9. The van der Waals surface area contributed by atoms with Crippen molar-refractivity contribution in [1.82, 2.24) is 4.90 Å². The van der Waals surface area contributed by atoms with Gasteiger partial charge in [-0.2, -0.15) is 0 Å². The maximum absolute atomic E-state index is 14.7. The third-order valence-electron chi connectivity index (χ3n) is 7.02. The van der Waals surface area contributed by atoms with Crippen LogP contribution in [0.15, 0.2) is 36.4 Å². The fourth-order valence-electron chi connectivity index (χ4n) is 4.84. The Labute approximate surface area is 204 Å². The lowest BCUT2D eigenvalue weighted by molar-refractivity contribution is -0.384. The van der Waals surface area contributed by atoms with E-state index in [0.717, 1.165) is 43.5 Å². The molecule has 0 saturated carbocycles. The Morgan fingerprint density at radius 2 is 1.69 bits per heavy atom. The number of aryl methyl sites for hydroxylation is 1. The largest absolute Gasteiger partial charge is 0.371 e. The van der Waals surface area contributed by atoms with Gasteiger partial charge in [0.25, 0.3) is 11.6 Å². The molecule has 0 radical (unpaired) electrons. The number of anilines is 2. The Hall–Kier alpha value is -3.49. The van der Waals surface area contributed by atoms with Crippen molar-refractivity contribution in [3.8, 4) is 0 Å². The molecule has 0 N–H and O–H groups in total. The minimum absolute atomic E-state index is 0.0992. The number of benzene rings is 2. The van der Waals surface area contributed by atoms with Gasteiger partial charge >= 0.3 is 0 Å². The number of piperazine rings is 1. The number of halogens is 1.